The van der Waals surface area contributed by atoms with Gasteiger partial charge in [0.1, 0.15) is 0 Å². The van der Waals surface area contributed by atoms with Gasteiger partial charge in [-0.15, -0.1) is 11.3 Å². The molecule has 0 aliphatic heterocycles. The van der Waals surface area contributed by atoms with Crippen LogP contribution in [0.2, 0.25) is 0 Å². The number of hydrogen-bond donors (Lipinski definition) is 1. The van der Waals surface area contributed by atoms with E-state index in [0.717, 1.165) is 22.0 Å². The Morgan fingerprint density at radius 1 is 1.32 bits per heavy atom. The first-order chi connectivity index (χ1) is 8.86. The molecule has 0 atom stereocenters. The van der Waals surface area contributed by atoms with E-state index < -0.39 is 4.32 Å². The summed E-state index contributed by atoms with van der Waals surface area (Å²) in [6, 6.07) is 7.71. The van der Waals surface area contributed by atoms with Gasteiger partial charge in [0.05, 0.1) is 15.0 Å². The zero-order chi connectivity index (χ0) is 14.0. The summed E-state index contributed by atoms with van der Waals surface area (Å²) in [5, 5.41) is 5.94. The molecule has 0 bridgehead atoms. The third-order valence-corrected chi connectivity index (χ3v) is 3.73. The Morgan fingerprint density at radius 2 is 1.95 bits per heavy atom. The number of aryl methyl sites for hydroxylation is 1. The normalized spacial score (nSPS) is 11.4. The molecule has 2 aromatic rings. The second-order valence-electron chi connectivity index (χ2n) is 4.76. The maximum atomic E-state index is 11.8. The smallest absolute Gasteiger partial charge is 0.240 e. The van der Waals surface area contributed by atoms with Gasteiger partial charge in [-0.3, -0.25) is 4.79 Å². The SMILES string of the molecule is Cc1nc(-c2ccc(NC(=O)C(C)(C)Br)cc2)cs1. The molecule has 2 rings (SSSR count). The molecule has 5 heteroatoms. The van der Waals surface area contributed by atoms with E-state index in [0.29, 0.717) is 0 Å². The number of nitrogens with zero attached hydrogens (tertiary/aromatic N) is 1. The van der Waals surface area contributed by atoms with Gasteiger partial charge in [-0.1, -0.05) is 28.1 Å². The minimum atomic E-state index is -0.572. The van der Waals surface area contributed by atoms with Crippen LogP contribution < -0.4 is 5.32 Å². The molecule has 0 radical (unpaired) electrons. The Morgan fingerprint density at radius 3 is 2.42 bits per heavy atom. The van der Waals surface area contributed by atoms with Crippen molar-refractivity contribution in [3.63, 3.8) is 0 Å². The van der Waals surface area contributed by atoms with Gasteiger partial charge >= 0.3 is 0 Å². The van der Waals surface area contributed by atoms with Crippen molar-refractivity contribution in [3.8, 4) is 11.3 Å². The highest BCUT2D eigenvalue weighted by Gasteiger charge is 2.23. The van der Waals surface area contributed by atoms with E-state index in [2.05, 4.69) is 26.2 Å². The van der Waals surface area contributed by atoms with Gasteiger partial charge in [0.25, 0.3) is 0 Å². The molecule has 100 valence electrons. The first kappa shape index (κ1) is 14.2. The molecule has 0 spiro atoms. The minimum Gasteiger partial charge on any atom is -0.325 e. The Bertz CT molecular complexity index is 584. The minimum absolute atomic E-state index is 0.0650. The third-order valence-electron chi connectivity index (χ3n) is 2.60. The maximum Gasteiger partial charge on any atom is 0.240 e. The van der Waals surface area contributed by atoms with Crippen molar-refractivity contribution in [2.24, 2.45) is 0 Å². The van der Waals surface area contributed by atoms with Gasteiger partial charge in [0, 0.05) is 16.6 Å². The summed E-state index contributed by atoms with van der Waals surface area (Å²) in [6.07, 6.45) is 0. The molecule has 1 heterocycles. The van der Waals surface area contributed by atoms with Crippen LogP contribution in [-0.2, 0) is 4.79 Å². The lowest BCUT2D eigenvalue weighted by atomic mass is 10.1. The fourth-order valence-electron chi connectivity index (χ4n) is 1.50. The van der Waals surface area contributed by atoms with Crippen molar-refractivity contribution in [2.45, 2.75) is 25.1 Å². The summed E-state index contributed by atoms with van der Waals surface area (Å²) in [4.78, 5) is 16.3. The van der Waals surface area contributed by atoms with Gasteiger partial charge in [0.2, 0.25) is 5.91 Å². The van der Waals surface area contributed by atoms with Gasteiger partial charge in [0.15, 0.2) is 0 Å². The van der Waals surface area contributed by atoms with Crippen molar-refractivity contribution in [3.05, 3.63) is 34.7 Å². The summed E-state index contributed by atoms with van der Waals surface area (Å²) in [5.41, 5.74) is 2.81. The van der Waals surface area contributed by atoms with E-state index in [1.54, 1.807) is 11.3 Å². The number of anilines is 1. The average molecular weight is 339 g/mol. The van der Waals surface area contributed by atoms with Crippen LogP contribution in [0, 0.1) is 6.92 Å². The second kappa shape index (κ2) is 5.43. The van der Waals surface area contributed by atoms with E-state index in [1.165, 1.54) is 0 Å². The van der Waals surface area contributed by atoms with Crippen LogP contribution in [0.4, 0.5) is 5.69 Å². The summed E-state index contributed by atoms with van der Waals surface area (Å²) in [7, 11) is 0. The predicted molar refractivity (Wildman–Crippen MR) is 83.9 cm³/mol. The van der Waals surface area contributed by atoms with E-state index in [4.69, 9.17) is 0 Å². The average Bonchev–Trinajstić information content (AvgIpc) is 2.75. The number of halogens is 1. The zero-order valence-corrected chi connectivity index (χ0v) is 13.4. The number of nitrogens with one attached hydrogen (secondary N) is 1. The van der Waals surface area contributed by atoms with Crippen molar-refractivity contribution < 1.29 is 4.79 Å². The highest BCUT2D eigenvalue weighted by Crippen LogP contribution is 2.24. The lowest BCUT2D eigenvalue weighted by Gasteiger charge is -2.15. The van der Waals surface area contributed by atoms with Gasteiger partial charge < -0.3 is 5.32 Å². The number of alkyl halides is 1. The highest BCUT2D eigenvalue weighted by molar-refractivity contribution is 9.10. The summed E-state index contributed by atoms with van der Waals surface area (Å²) in [6.45, 7) is 5.62. The third kappa shape index (κ3) is 3.64. The lowest BCUT2D eigenvalue weighted by Crippen LogP contribution is -2.30. The molecule has 1 aromatic heterocycles. The fourth-order valence-corrected chi connectivity index (χ4v) is 2.22. The molecule has 0 unspecified atom stereocenters. The molecule has 1 aromatic carbocycles. The second-order valence-corrected chi connectivity index (χ2v) is 7.80. The van der Waals surface area contributed by atoms with Crippen molar-refractivity contribution >= 4 is 38.9 Å². The maximum absolute atomic E-state index is 11.8. The fraction of sp³-hybridized carbons (Fsp3) is 0.286. The number of carbonyl (C=O) groups excluding carboxylic acids is 1. The quantitative estimate of drug-likeness (QED) is 0.851. The number of amides is 1. The van der Waals surface area contributed by atoms with Crippen LogP contribution in [0.3, 0.4) is 0 Å². The van der Waals surface area contributed by atoms with Crippen LogP contribution in [0.1, 0.15) is 18.9 Å². The number of aromatic nitrogens is 1. The molecule has 0 saturated heterocycles. The van der Waals surface area contributed by atoms with Crippen molar-refractivity contribution in [1.82, 2.24) is 4.98 Å². The highest BCUT2D eigenvalue weighted by atomic mass is 79.9. The Hall–Kier alpha value is -1.20. The first-order valence-corrected chi connectivity index (χ1v) is 7.56. The number of thiazole rings is 1. The number of carbonyl (C=O) groups is 1. The van der Waals surface area contributed by atoms with Gasteiger partial charge in [-0.2, -0.15) is 0 Å². The molecular weight excluding hydrogens is 324 g/mol. The zero-order valence-electron chi connectivity index (χ0n) is 11.0. The molecule has 1 amide bonds. The Labute approximate surface area is 125 Å². The Kier molecular flexibility index (Phi) is 4.06. The summed E-state index contributed by atoms with van der Waals surface area (Å²) in [5.74, 6) is -0.0650. The lowest BCUT2D eigenvalue weighted by molar-refractivity contribution is -0.117. The molecule has 0 fully saturated rings. The standard InChI is InChI=1S/C14H15BrN2OS/c1-9-16-12(8-19-9)10-4-6-11(7-5-10)17-13(18)14(2,3)15/h4-8H,1-3H3,(H,17,18). The van der Waals surface area contributed by atoms with E-state index in [-0.39, 0.29) is 5.91 Å². The van der Waals surface area contributed by atoms with Crippen molar-refractivity contribution in [2.75, 3.05) is 5.32 Å². The van der Waals surface area contributed by atoms with E-state index in [1.807, 2.05) is 50.4 Å². The number of rotatable bonds is 3. The van der Waals surface area contributed by atoms with E-state index in [9.17, 15) is 4.79 Å². The molecule has 19 heavy (non-hydrogen) atoms. The van der Waals surface area contributed by atoms with Crippen LogP contribution in [0.5, 0.6) is 0 Å². The molecule has 3 nitrogen and oxygen atoms in total. The summed E-state index contributed by atoms with van der Waals surface area (Å²) < 4.78 is -0.572. The first-order valence-electron chi connectivity index (χ1n) is 5.89. The number of hydrogen-bond acceptors (Lipinski definition) is 3. The topological polar surface area (TPSA) is 42.0 Å². The predicted octanol–water partition coefficient (Wildman–Crippen LogP) is 4.23. The van der Waals surface area contributed by atoms with Gasteiger partial charge in [-0.05, 0) is 32.9 Å². The molecule has 0 aliphatic rings. The molecule has 1 N–H and O–H groups in total. The molecule has 0 aliphatic carbocycles. The van der Waals surface area contributed by atoms with Crippen LogP contribution >= 0.6 is 27.3 Å². The van der Waals surface area contributed by atoms with E-state index >= 15 is 0 Å². The van der Waals surface area contributed by atoms with Crippen LogP contribution in [0.15, 0.2) is 29.6 Å². The van der Waals surface area contributed by atoms with Crippen LogP contribution in [0.25, 0.3) is 11.3 Å². The molecular formula is C14H15BrN2OS. The number of benzene rings is 1. The van der Waals surface area contributed by atoms with Gasteiger partial charge in [-0.25, -0.2) is 4.98 Å². The van der Waals surface area contributed by atoms with Crippen molar-refractivity contribution in [1.29, 1.82) is 0 Å². The summed E-state index contributed by atoms with van der Waals surface area (Å²) >= 11 is 4.97. The molecule has 0 saturated carbocycles. The Balaban J connectivity index is 2.13. The largest absolute Gasteiger partial charge is 0.325 e. The van der Waals surface area contributed by atoms with Crippen LogP contribution in [-0.4, -0.2) is 15.2 Å². The monoisotopic (exact) mass is 338 g/mol.